The quantitative estimate of drug-likeness (QED) is 0.807. The Bertz CT molecular complexity index is 230. The van der Waals surface area contributed by atoms with Gasteiger partial charge in [0.05, 0.1) is 5.25 Å². The monoisotopic (exact) mass is 245 g/mol. The van der Waals surface area contributed by atoms with E-state index in [1.807, 2.05) is 0 Å². The molecule has 4 unspecified atom stereocenters. The highest BCUT2D eigenvalue weighted by atomic mass is 32.2. The molecular weight excluding hydrogens is 218 g/mol. The fraction of sp³-hybridized carbons (Fsp3) is 1.00. The zero-order valence-electron chi connectivity index (χ0n) is 11.2. The third-order valence-electron chi connectivity index (χ3n) is 3.71. The fourth-order valence-electron chi connectivity index (χ4n) is 2.68. The van der Waals surface area contributed by atoms with Crippen molar-refractivity contribution in [2.75, 3.05) is 6.54 Å². The van der Waals surface area contributed by atoms with Gasteiger partial charge in [0.2, 0.25) is 0 Å². The first-order valence-corrected chi connectivity index (χ1v) is 8.00. The molecule has 2 nitrogen and oxygen atoms in total. The van der Waals surface area contributed by atoms with E-state index >= 15 is 0 Å². The van der Waals surface area contributed by atoms with E-state index in [2.05, 4.69) is 33.0 Å². The second kappa shape index (κ2) is 6.75. The first-order valence-electron chi connectivity index (χ1n) is 6.72. The minimum absolute atomic E-state index is 0.293. The van der Waals surface area contributed by atoms with Crippen molar-refractivity contribution >= 4 is 10.8 Å². The molecule has 0 heterocycles. The molecule has 0 bridgehead atoms. The minimum atomic E-state index is -0.675. The van der Waals surface area contributed by atoms with Crippen molar-refractivity contribution in [3.8, 4) is 0 Å². The highest BCUT2D eigenvalue weighted by Crippen LogP contribution is 2.31. The van der Waals surface area contributed by atoms with Crippen molar-refractivity contribution in [2.24, 2.45) is 5.92 Å². The maximum atomic E-state index is 12.3. The molecule has 0 radical (unpaired) electrons. The Kier molecular flexibility index (Phi) is 5.98. The van der Waals surface area contributed by atoms with Crippen LogP contribution in [0.5, 0.6) is 0 Å². The van der Waals surface area contributed by atoms with Crippen LogP contribution in [-0.4, -0.2) is 27.3 Å². The van der Waals surface area contributed by atoms with Crippen LogP contribution in [0.2, 0.25) is 0 Å². The molecule has 1 aliphatic rings. The number of hydrogen-bond acceptors (Lipinski definition) is 2. The van der Waals surface area contributed by atoms with Gasteiger partial charge in [0, 0.05) is 22.1 Å². The third-order valence-corrected chi connectivity index (χ3v) is 5.75. The average molecular weight is 245 g/mol. The summed E-state index contributed by atoms with van der Waals surface area (Å²) in [5.41, 5.74) is 0. The maximum Gasteiger partial charge on any atom is 0.0506 e. The van der Waals surface area contributed by atoms with Crippen molar-refractivity contribution < 1.29 is 4.21 Å². The molecule has 1 fully saturated rings. The van der Waals surface area contributed by atoms with Crippen LogP contribution < -0.4 is 5.32 Å². The molecule has 0 aliphatic heterocycles. The van der Waals surface area contributed by atoms with Gasteiger partial charge in [0.1, 0.15) is 0 Å². The van der Waals surface area contributed by atoms with E-state index in [1.54, 1.807) is 0 Å². The standard InChI is InChI=1S/C13H27NOS/c1-5-11-7-8-12(14-6-2)13(9-11)16(15)10(3)4/h10-14H,5-9H2,1-4H3. The zero-order valence-corrected chi connectivity index (χ0v) is 12.0. The van der Waals surface area contributed by atoms with E-state index in [0.717, 1.165) is 18.9 Å². The van der Waals surface area contributed by atoms with Crippen LogP contribution >= 0.6 is 0 Å². The normalized spacial score (nSPS) is 32.9. The SMILES string of the molecule is CCNC1CCC(CC)CC1S(=O)C(C)C. The summed E-state index contributed by atoms with van der Waals surface area (Å²) in [5, 5.41) is 4.19. The van der Waals surface area contributed by atoms with Crippen molar-refractivity contribution in [2.45, 2.75) is 69.9 Å². The smallest absolute Gasteiger partial charge is 0.0506 e. The van der Waals surface area contributed by atoms with Gasteiger partial charge in [0.25, 0.3) is 0 Å². The summed E-state index contributed by atoms with van der Waals surface area (Å²) >= 11 is 0. The molecule has 0 amide bonds. The summed E-state index contributed by atoms with van der Waals surface area (Å²) < 4.78 is 12.3. The van der Waals surface area contributed by atoms with E-state index in [1.165, 1.54) is 19.3 Å². The highest BCUT2D eigenvalue weighted by molar-refractivity contribution is 7.86. The number of nitrogens with one attached hydrogen (secondary N) is 1. The molecule has 1 aliphatic carbocycles. The first-order chi connectivity index (χ1) is 7.60. The second-order valence-electron chi connectivity index (χ2n) is 5.17. The Morgan fingerprint density at radius 2 is 2.00 bits per heavy atom. The lowest BCUT2D eigenvalue weighted by molar-refractivity contribution is 0.294. The van der Waals surface area contributed by atoms with Gasteiger partial charge in [-0.2, -0.15) is 0 Å². The molecule has 3 heteroatoms. The van der Waals surface area contributed by atoms with Crippen LogP contribution in [0, 0.1) is 5.92 Å². The highest BCUT2D eigenvalue weighted by Gasteiger charge is 2.34. The molecule has 0 aromatic heterocycles. The first kappa shape index (κ1) is 14.2. The summed E-state index contributed by atoms with van der Waals surface area (Å²) in [6, 6.07) is 0.482. The van der Waals surface area contributed by atoms with Gasteiger partial charge < -0.3 is 5.32 Å². The third kappa shape index (κ3) is 3.56. The van der Waals surface area contributed by atoms with E-state index in [9.17, 15) is 4.21 Å². The summed E-state index contributed by atoms with van der Waals surface area (Å²) in [5.74, 6) is 0.794. The largest absolute Gasteiger partial charge is 0.313 e. The van der Waals surface area contributed by atoms with E-state index < -0.39 is 10.8 Å². The Morgan fingerprint density at radius 3 is 2.50 bits per heavy atom. The molecule has 1 N–H and O–H groups in total. The summed E-state index contributed by atoms with van der Waals surface area (Å²) in [6.45, 7) is 9.55. The topological polar surface area (TPSA) is 29.1 Å². The summed E-state index contributed by atoms with van der Waals surface area (Å²) in [4.78, 5) is 0. The van der Waals surface area contributed by atoms with Gasteiger partial charge in [-0.3, -0.25) is 4.21 Å². The van der Waals surface area contributed by atoms with Crippen molar-refractivity contribution in [1.82, 2.24) is 5.32 Å². The van der Waals surface area contributed by atoms with Crippen LogP contribution in [0.3, 0.4) is 0 Å². The maximum absolute atomic E-state index is 12.3. The molecular formula is C13H27NOS. The van der Waals surface area contributed by atoms with Crippen molar-refractivity contribution in [3.63, 3.8) is 0 Å². The van der Waals surface area contributed by atoms with Gasteiger partial charge in [-0.05, 0) is 31.7 Å². The lowest BCUT2D eigenvalue weighted by Gasteiger charge is -2.36. The van der Waals surface area contributed by atoms with Crippen LogP contribution in [0.1, 0.15) is 53.4 Å². The van der Waals surface area contributed by atoms with E-state index in [4.69, 9.17) is 0 Å². The second-order valence-corrected chi connectivity index (χ2v) is 7.37. The van der Waals surface area contributed by atoms with Crippen LogP contribution in [0.15, 0.2) is 0 Å². The van der Waals surface area contributed by atoms with Gasteiger partial charge in [-0.15, -0.1) is 0 Å². The Labute approximate surface area is 103 Å². The molecule has 96 valence electrons. The van der Waals surface area contributed by atoms with Gasteiger partial charge in [-0.25, -0.2) is 0 Å². The molecule has 0 saturated heterocycles. The molecule has 1 saturated carbocycles. The summed E-state index contributed by atoms with van der Waals surface area (Å²) in [6.07, 6.45) is 4.90. The van der Waals surface area contributed by atoms with Crippen LogP contribution in [0.4, 0.5) is 0 Å². The molecule has 16 heavy (non-hydrogen) atoms. The van der Waals surface area contributed by atoms with Gasteiger partial charge in [-0.1, -0.05) is 34.1 Å². The van der Waals surface area contributed by atoms with Gasteiger partial charge in [0.15, 0.2) is 0 Å². The zero-order chi connectivity index (χ0) is 12.1. The fourth-order valence-corrected chi connectivity index (χ4v) is 4.40. The van der Waals surface area contributed by atoms with Crippen LogP contribution in [0.25, 0.3) is 0 Å². The molecule has 0 aromatic carbocycles. The Hall–Kier alpha value is 0.110. The molecule has 0 aromatic rings. The number of hydrogen-bond donors (Lipinski definition) is 1. The number of rotatable bonds is 5. The van der Waals surface area contributed by atoms with E-state index in [-0.39, 0.29) is 0 Å². The van der Waals surface area contributed by atoms with Crippen molar-refractivity contribution in [1.29, 1.82) is 0 Å². The van der Waals surface area contributed by atoms with Crippen molar-refractivity contribution in [3.05, 3.63) is 0 Å². The van der Waals surface area contributed by atoms with Gasteiger partial charge >= 0.3 is 0 Å². The predicted molar refractivity (Wildman–Crippen MR) is 72.2 cm³/mol. The lowest BCUT2D eigenvalue weighted by Crippen LogP contribution is -2.47. The van der Waals surface area contributed by atoms with E-state index in [0.29, 0.717) is 16.5 Å². The predicted octanol–water partition coefficient (Wildman–Crippen LogP) is 2.70. The summed E-state index contributed by atoms with van der Waals surface area (Å²) in [7, 11) is -0.675. The minimum Gasteiger partial charge on any atom is -0.313 e. The van der Waals surface area contributed by atoms with Crippen LogP contribution in [-0.2, 0) is 10.8 Å². The Morgan fingerprint density at radius 1 is 1.31 bits per heavy atom. The average Bonchev–Trinajstić information content (AvgIpc) is 2.29. The molecule has 0 spiro atoms. The molecule has 4 atom stereocenters. The lowest BCUT2D eigenvalue weighted by atomic mass is 9.84. The Balaban J connectivity index is 2.67. The molecule has 1 rings (SSSR count).